The molecule has 2 aromatic rings. The van der Waals surface area contributed by atoms with Crippen LogP contribution in [0, 0.1) is 15.2 Å². The van der Waals surface area contributed by atoms with Gasteiger partial charge in [0.2, 0.25) is 0 Å². The Morgan fingerprint density at radius 1 is 0.941 bits per heavy atom. The predicted octanol–water partition coefficient (Wildman–Crippen LogP) is 4.18. The van der Waals surface area contributed by atoms with Gasteiger partial charge >= 0.3 is 0 Å². The maximum atomic E-state index is 13.3. The summed E-state index contributed by atoms with van der Waals surface area (Å²) in [7, 11) is 0. The van der Waals surface area contributed by atoms with Crippen molar-refractivity contribution in [3.63, 3.8) is 0 Å². The molecule has 0 bridgehead atoms. The van der Waals surface area contributed by atoms with Crippen LogP contribution >= 0.6 is 22.6 Å². The predicted molar refractivity (Wildman–Crippen MR) is 72.8 cm³/mol. The van der Waals surface area contributed by atoms with E-state index in [1.165, 1.54) is 18.2 Å². The van der Waals surface area contributed by atoms with E-state index in [-0.39, 0.29) is 5.69 Å². The molecule has 0 aliphatic heterocycles. The molecule has 0 aliphatic rings. The molecule has 0 fully saturated rings. The molecule has 88 valence electrons. The maximum Gasteiger partial charge on any atom is 0.149 e. The zero-order valence-electron chi connectivity index (χ0n) is 8.88. The lowest BCUT2D eigenvalue weighted by molar-refractivity contribution is 0.588. The SMILES string of the molecule is Fc1cccc(F)c1NCc1ccc(I)cc1. The van der Waals surface area contributed by atoms with Crippen LogP contribution in [-0.2, 0) is 6.54 Å². The molecule has 0 aromatic heterocycles. The summed E-state index contributed by atoms with van der Waals surface area (Å²) in [4.78, 5) is 0. The van der Waals surface area contributed by atoms with Gasteiger partial charge in [-0.15, -0.1) is 0 Å². The van der Waals surface area contributed by atoms with Crippen LogP contribution in [0.3, 0.4) is 0 Å². The Kier molecular flexibility index (Phi) is 3.93. The number of para-hydroxylation sites is 1. The van der Waals surface area contributed by atoms with Crippen LogP contribution in [-0.4, -0.2) is 0 Å². The highest BCUT2D eigenvalue weighted by Gasteiger charge is 2.07. The molecule has 0 atom stereocenters. The average Bonchev–Trinajstić information content (AvgIpc) is 2.31. The van der Waals surface area contributed by atoms with Crippen molar-refractivity contribution in [2.45, 2.75) is 6.54 Å². The van der Waals surface area contributed by atoms with E-state index in [0.29, 0.717) is 6.54 Å². The van der Waals surface area contributed by atoms with Gasteiger partial charge in [0.05, 0.1) is 0 Å². The van der Waals surface area contributed by atoms with Crippen molar-refractivity contribution >= 4 is 28.3 Å². The molecule has 2 rings (SSSR count). The van der Waals surface area contributed by atoms with E-state index in [0.717, 1.165) is 9.13 Å². The normalized spacial score (nSPS) is 10.3. The molecule has 0 unspecified atom stereocenters. The topological polar surface area (TPSA) is 12.0 Å². The molecule has 17 heavy (non-hydrogen) atoms. The summed E-state index contributed by atoms with van der Waals surface area (Å²) in [5.41, 5.74) is 0.902. The Labute approximate surface area is 112 Å². The zero-order chi connectivity index (χ0) is 12.3. The molecule has 0 saturated heterocycles. The molecular weight excluding hydrogens is 335 g/mol. The molecule has 1 N–H and O–H groups in total. The molecule has 0 saturated carbocycles. The number of hydrogen-bond donors (Lipinski definition) is 1. The fourth-order valence-corrected chi connectivity index (χ4v) is 1.82. The Morgan fingerprint density at radius 3 is 2.12 bits per heavy atom. The van der Waals surface area contributed by atoms with E-state index < -0.39 is 11.6 Å². The quantitative estimate of drug-likeness (QED) is 0.823. The van der Waals surface area contributed by atoms with Crippen LogP contribution in [0.2, 0.25) is 0 Å². The monoisotopic (exact) mass is 345 g/mol. The van der Waals surface area contributed by atoms with Gasteiger partial charge < -0.3 is 5.32 Å². The molecule has 0 heterocycles. The van der Waals surface area contributed by atoms with E-state index in [1.807, 2.05) is 24.3 Å². The standard InChI is InChI=1S/C13H10F2IN/c14-11-2-1-3-12(15)13(11)17-8-9-4-6-10(16)7-5-9/h1-7,17H,8H2. The van der Waals surface area contributed by atoms with E-state index in [1.54, 1.807) is 0 Å². The van der Waals surface area contributed by atoms with E-state index >= 15 is 0 Å². The van der Waals surface area contributed by atoms with Crippen LogP contribution in [0.5, 0.6) is 0 Å². The van der Waals surface area contributed by atoms with Crippen molar-refractivity contribution in [1.82, 2.24) is 0 Å². The fraction of sp³-hybridized carbons (Fsp3) is 0.0769. The lowest BCUT2D eigenvalue weighted by Crippen LogP contribution is -2.03. The van der Waals surface area contributed by atoms with Crippen LogP contribution in [0.4, 0.5) is 14.5 Å². The van der Waals surface area contributed by atoms with Gasteiger partial charge in [-0.3, -0.25) is 0 Å². The van der Waals surface area contributed by atoms with E-state index in [9.17, 15) is 8.78 Å². The molecule has 1 nitrogen and oxygen atoms in total. The summed E-state index contributed by atoms with van der Waals surface area (Å²) in [5.74, 6) is -1.15. The highest BCUT2D eigenvalue weighted by Crippen LogP contribution is 2.19. The van der Waals surface area contributed by atoms with Crippen molar-refractivity contribution in [2.75, 3.05) is 5.32 Å². The third-order valence-corrected chi connectivity index (χ3v) is 3.06. The number of nitrogens with one attached hydrogen (secondary N) is 1. The fourth-order valence-electron chi connectivity index (χ4n) is 1.46. The number of hydrogen-bond acceptors (Lipinski definition) is 1. The Bertz CT molecular complexity index is 491. The molecule has 2 aromatic carbocycles. The van der Waals surface area contributed by atoms with E-state index in [2.05, 4.69) is 27.9 Å². The number of halogens is 3. The van der Waals surface area contributed by atoms with Gasteiger partial charge in [-0.05, 0) is 52.4 Å². The number of rotatable bonds is 3. The minimum atomic E-state index is -0.574. The van der Waals surface area contributed by atoms with Crippen LogP contribution in [0.25, 0.3) is 0 Å². The minimum absolute atomic E-state index is 0.0777. The molecular formula is C13H10F2IN. The van der Waals surface area contributed by atoms with Crippen molar-refractivity contribution < 1.29 is 8.78 Å². The first-order valence-corrected chi connectivity index (χ1v) is 6.17. The first-order chi connectivity index (χ1) is 8.16. The molecule has 0 radical (unpaired) electrons. The van der Waals surface area contributed by atoms with Gasteiger partial charge in [-0.25, -0.2) is 8.78 Å². The van der Waals surface area contributed by atoms with Crippen molar-refractivity contribution in [2.24, 2.45) is 0 Å². The maximum absolute atomic E-state index is 13.3. The minimum Gasteiger partial charge on any atom is -0.376 e. The Balaban J connectivity index is 2.10. The van der Waals surface area contributed by atoms with Crippen LogP contribution < -0.4 is 5.32 Å². The summed E-state index contributed by atoms with van der Waals surface area (Å²) in [6.07, 6.45) is 0. The average molecular weight is 345 g/mol. The Hall–Kier alpha value is -1.17. The molecule has 4 heteroatoms. The second-order valence-electron chi connectivity index (χ2n) is 3.58. The first-order valence-electron chi connectivity index (χ1n) is 5.09. The second-order valence-corrected chi connectivity index (χ2v) is 4.82. The summed E-state index contributed by atoms with van der Waals surface area (Å²) < 4.78 is 27.8. The van der Waals surface area contributed by atoms with Gasteiger partial charge in [0.15, 0.2) is 0 Å². The smallest absolute Gasteiger partial charge is 0.149 e. The van der Waals surface area contributed by atoms with Crippen LogP contribution in [0.1, 0.15) is 5.56 Å². The summed E-state index contributed by atoms with van der Waals surface area (Å²) in [6.45, 7) is 0.398. The summed E-state index contributed by atoms with van der Waals surface area (Å²) in [6, 6.07) is 11.6. The van der Waals surface area contributed by atoms with Crippen molar-refractivity contribution in [3.8, 4) is 0 Å². The first kappa shape index (κ1) is 12.3. The largest absolute Gasteiger partial charge is 0.376 e. The van der Waals surface area contributed by atoms with Crippen molar-refractivity contribution in [1.29, 1.82) is 0 Å². The number of anilines is 1. The number of benzene rings is 2. The van der Waals surface area contributed by atoms with Crippen molar-refractivity contribution in [3.05, 3.63) is 63.2 Å². The van der Waals surface area contributed by atoms with Gasteiger partial charge in [0.25, 0.3) is 0 Å². The third kappa shape index (κ3) is 3.15. The summed E-state index contributed by atoms with van der Waals surface area (Å²) in [5, 5.41) is 2.76. The molecule has 0 spiro atoms. The van der Waals surface area contributed by atoms with Gasteiger partial charge in [0, 0.05) is 10.1 Å². The third-order valence-electron chi connectivity index (χ3n) is 2.35. The Morgan fingerprint density at radius 2 is 1.53 bits per heavy atom. The second kappa shape index (κ2) is 5.44. The summed E-state index contributed by atoms with van der Waals surface area (Å²) >= 11 is 2.21. The van der Waals surface area contributed by atoms with Gasteiger partial charge in [-0.1, -0.05) is 18.2 Å². The van der Waals surface area contributed by atoms with Gasteiger partial charge in [-0.2, -0.15) is 0 Å². The van der Waals surface area contributed by atoms with E-state index in [4.69, 9.17) is 0 Å². The highest BCUT2D eigenvalue weighted by atomic mass is 127. The zero-order valence-corrected chi connectivity index (χ0v) is 11.0. The molecule has 0 amide bonds. The molecule has 0 aliphatic carbocycles. The van der Waals surface area contributed by atoms with Gasteiger partial charge in [0.1, 0.15) is 17.3 Å². The van der Waals surface area contributed by atoms with Crippen LogP contribution in [0.15, 0.2) is 42.5 Å². The lowest BCUT2D eigenvalue weighted by Gasteiger charge is -2.08. The highest BCUT2D eigenvalue weighted by molar-refractivity contribution is 14.1. The lowest BCUT2D eigenvalue weighted by atomic mass is 10.2.